The van der Waals surface area contributed by atoms with Crippen LogP contribution in [0.1, 0.15) is 61.3 Å². The summed E-state index contributed by atoms with van der Waals surface area (Å²) in [4.78, 5) is 43.7. The second kappa shape index (κ2) is 14.3. The maximum absolute atomic E-state index is 14.0. The topological polar surface area (TPSA) is 117 Å². The Morgan fingerprint density at radius 3 is 2.31 bits per heavy atom. The van der Waals surface area contributed by atoms with E-state index >= 15 is 0 Å². The minimum Gasteiger partial charge on any atom is -0.455 e. The highest BCUT2D eigenvalue weighted by molar-refractivity contribution is 7.92. The fourth-order valence-corrected chi connectivity index (χ4v) is 8.11. The molecule has 3 aromatic carbocycles. The second-order valence-corrected chi connectivity index (χ2v) is 16.4. The number of fused-ring (bicyclic) bond motifs is 2. The number of piperidine rings is 1. The SMILES string of the molecule is CCC(=O)c1c(-c2ccc(F)cc2)oc2cc(N(CCF)S(C)(=O)=O)c(-c3cccc(C(=O)N4CC5CCN(C(=O)OC(C)(C)C)CC5C4)c3)cc12. The molecular formula is C39H43F2N3O7S. The summed E-state index contributed by atoms with van der Waals surface area (Å²) in [5.41, 5.74) is 1.59. The van der Waals surface area contributed by atoms with Crippen molar-refractivity contribution in [2.45, 2.75) is 46.1 Å². The number of carbonyl (C=O) groups excluding carboxylic acids is 3. The first-order valence-electron chi connectivity index (χ1n) is 17.4. The van der Waals surface area contributed by atoms with Crippen LogP contribution in [0.15, 0.2) is 65.1 Å². The highest BCUT2D eigenvalue weighted by atomic mass is 32.2. The molecule has 2 fully saturated rings. The van der Waals surface area contributed by atoms with E-state index in [2.05, 4.69) is 0 Å². The summed E-state index contributed by atoms with van der Waals surface area (Å²) in [5, 5.41) is 0.397. The molecule has 0 saturated carbocycles. The molecule has 2 aliphatic heterocycles. The molecule has 0 N–H and O–H groups in total. The van der Waals surface area contributed by atoms with Crippen LogP contribution in [0.4, 0.5) is 19.3 Å². The molecule has 0 aliphatic carbocycles. The Bertz CT molecular complexity index is 2130. The standard InChI is InChI=1S/C39H43F2N3O7S/c1-6-33(45)35-31-19-30(32(44(17-15-40)52(5,48)49)20-34(31)50-36(35)24-10-12-29(41)13-11-24)25-8-7-9-26(18-25)37(46)43-21-27-14-16-42(22-28(27)23-43)38(47)51-39(2,3)4/h7-13,18-20,27-28H,6,14-17,21-23H2,1-5H3. The van der Waals surface area contributed by atoms with Crippen molar-refractivity contribution >= 4 is 44.5 Å². The Balaban J connectivity index is 1.40. The fraction of sp³-hybridized carbons (Fsp3) is 0.410. The Labute approximate surface area is 302 Å². The van der Waals surface area contributed by atoms with Crippen molar-refractivity contribution in [2.24, 2.45) is 11.8 Å². The van der Waals surface area contributed by atoms with E-state index in [1.165, 1.54) is 30.3 Å². The van der Waals surface area contributed by atoms with Crippen LogP contribution in [0.3, 0.4) is 0 Å². The number of ether oxygens (including phenoxy) is 1. The minimum atomic E-state index is -4.00. The number of amides is 2. The van der Waals surface area contributed by atoms with E-state index in [9.17, 15) is 31.6 Å². The van der Waals surface area contributed by atoms with Crippen molar-refractivity contribution in [1.29, 1.82) is 0 Å². The van der Waals surface area contributed by atoms with Gasteiger partial charge in [-0.3, -0.25) is 13.9 Å². The smallest absolute Gasteiger partial charge is 0.410 e. The van der Waals surface area contributed by atoms with E-state index in [1.54, 1.807) is 47.1 Å². The summed E-state index contributed by atoms with van der Waals surface area (Å²) in [5.74, 6) is -0.397. The van der Waals surface area contributed by atoms with Crippen molar-refractivity contribution < 1.29 is 40.7 Å². The van der Waals surface area contributed by atoms with Crippen molar-refractivity contribution in [3.05, 3.63) is 77.6 Å². The van der Waals surface area contributed by atoms with Crippen LogP contribution in [0, 0.1) is 17.7 Å². The van der Waals surface area contributed by atoms with Crippen molar-refractivity contribution in [2.75, 3.05) is 50.0 Å². The Hall–Kier alpha value is -4.78. The number of Topliss-reactive ketones (excluding diaryl/α,β-unsaturated/α-hetero) is 1. The maximum atomic E-state index is 14.0. The number of hydrogen-bond donors (Lipinski definition) is 0. The third-order valence-electron chi connectivity index (χ3n) is 9.63. The summed E-state index contributed by atoms with van der Waals surface area (Å²) in [6.45, 7) is 7.78. The average Bonchev–Trinajstić information content (AvgIpc) is 3.70. The zero-order chi connectivity index (χ0) is 37.5. The number of halogens is 2. The van der Waals surface area contributed by atoms with Gasteiger partial charge in [0.05, 0.1) is 24.1 Å². The van der Waals surface area contributed by atoms with Gasteiger partial charge in [0.15, 0.2) is 5.78 Å². The molecule has 2 amide bonds. The van der Waals surface area contributed by atoms with Crippen molar-refractivity contribution in [3.63, 3.8) is 0 Å². The highest BCUT2D eigenvalue weighted by Gasteiger charge is 2.41. The molecular weight excluding hydrogens is 693 g/mol. The summed E-state index contributed by atoms with van der Waals surface area (Å²) in [6.07, 6.45) is 1.49. The van der Waals surface area contributed by atoms with Gasteiger partial charge < -0.3 is 19.0 Å². The number of ketones is 1. The lowest BCUT2D eigenvalue weighted by Crippen LogP contribution is -2.45. The number of hydrogen-bond acceptors (Lipinski definition) is 7. The molecule has 6 rings (SSSR count). The number of anilines is 1. The van der Waals surface area contributed by atoms with Gasteiger partial charge in [-0.15, -0.1) is 0 Å². The fourth-order valence-electron chi connectivity index (χ4n) is 7.20. The maximum Gasteiger partial charge on any atom is 0.410 e. The van der Waals surface area contributed by atoms with Crippen LogP contribution in [-0.2, 0) is 14.8 Å². The molecule has 0 spiro atoms. The quantitative estimate of drug-likeness (QED) is 0.163. The van der Waals surface area contributed by atoms with E-state index < -0.39 is 34.7 Å². The normalized spacial score (nSPS) is 17.7. The van der Waals surface area contributed by atoms with Gasteiger partial charge >= 0.3 is 6.09 Å². The summed E-state index contributed by atoms with van der Waals surface area (Å²) in [6, 6.07) is 15.4. The van der Waals surface area contributed by atoms with Crippen molar-refractivity contribution in [3.8, 4) is 22.5 Å². The van der Waals surface area contributed by atoms with Crippen LogP contribution in [0.5, 0.6) is 0 Å². The first kappa shape index (κ1) is 37.0. The molecule has 13 heteroatoms. The molecule has 2 atom stereocenters. The zero-order valence-corrected chi connectivity index (χ0v) is 30.8. The molecule has 10 nitrogen and oxygen atoms in total. The number of rotatable bonds is 9. The van der Waals surface area contributed by atoms with Crippen LogP contribution in [0.25, 0.3) is 33.4 Å². The monoisotopic (exact) mass is 735 g/mol. The molecule has 2 unspecified atom stereocenters. The average molecular weight is 736 g/mol. The Morgan fingerprint density at radius 1 is 0.962 bits per heavy atom. The highest BCUT2D eigenvalue weighted by Crippen LogP contribution is 2.42. The molecule has 3 heterocycles. The molecule has 4 aromatic rings. The molecule has 2 aliphatic rings. The van der Waals surface area contributed by atoms with E-state index in [0.29, 0.717) is 53.8 Å². The number of carbonyl (C=O) groups is 3. The predicted octanol–water partition coefficient (Wildman–Crippen LogP) is 7.56. The first-order chi connectivity index (χ1) is 24.6. The van der Waals surface area contributed by atoms with Gasteiger partial charge in [0.25, 0.3) is 5.91 Å². The number of nitrogens with zero attached hydrogens (tertiary/aromatic N) is 3. The summed E-state index contributed by atoms with van der Waals surface area (Å²) in [7, 11) is -4.00. The lowest BCUT2D eigenvalue weighted by Gasteiger charge is -2.35. The van der Waals surface area contributed by atoms with Crippen LogP contribution >= 0.6 is 0 Å². The molecule has 2 saturated heterocycles. The molecule has 0 bridgehead atoms. The molecule has 52 heavy (non-hydrogen) atoms. The third kappa shape index (κ3) is 7.55. The van der Waals surface area contributed by atoms with Crippen LogP contribution in [0.2, 0.25) is 0 Å². The van der Waals surface area contributed by atoms with Crippen LogP contribution in [-0.4, -0.2) is 87.3 Å². The van der Waals surface area contributed by atoms with Gasteiger partial charge in [-0.05, 0) is 87.1 Å². The zero-order valence-electron chi connectivity index (χ0n) is 29.9. The summed E-state index contributed by atoms with van der Waals surface area (Å²) >= 11 is 0. The van der Waals surface area contributed by atoms with E-state index in [-0.39, 0.29) is 58.6 Å². The molecule has 0 radical (unpaired) electrons. The third-order valence-corrected chi connectivity index (χ3v) is 10.8. The van der Waals surface area contributed by atoms with Gasteiger partial charge in [0.2, 0.25) is 10.0 Å². The molecule has 276 valence electrons. The summed E-state index contributed by atoms with van der Waals surface area (Å²) < 4.78 is 66.6. The van der Waals surface area contributed by atoms with E-state index in [0.717, 1.165) is 17.0 Å². The number of likely N-dealkylation sites (tertiary alicyclic amines) is 2. The van der Waals surface area contributed by atoms with Gasteiger partial charge in [-0.2, -0.15) is 0 Å². The van der Waals surface area contributed by atoms with Gasteiger partial charge in [-0.25, -0.2) is 22.0 Å². The number of benzene rings is 3. The largest absolute Gasteiger partial charge is 0.455 e. The van der Waals surface area contributed by atoms with Gasteiger partial charge in [0, 0.05) is 60.7 Å². The Morgan fingerprint density at radius 2 is 1.65 bits per heavy atom. The van der Waals surface area contributed by atoms with E-state index in [4.69, 9.17) is 9.15 Å². The Kier molecular flexibility index (Phi) is 10.2. The molecule has 1 aromatic heterocycles. The predicted molar refractivity (Wildman–Crippen MR) is 195 cm³/mol. The minimum absolute atomic E-state index is 0.0948. The van der Waals surface area contributed by atoms with Gasteiger partial charge in [-0.1, -0.05) is 19.1 Å². The van der Waals surface area contributed by atoms with Crippen molar-refractivity contribution in [1.82, 2.24) is 9.80 Å². The lowest BCUT2D eigenvalue weighted by molar-refractivity contribution is 0.0139. The number of sulfonamides is 1. The number of furan rings is 1. The number of alkyl halides is 1. The second-order valence-electron chi connectivity index (χ2n) is 14.5. The van der Waals surface area contributed by atoms with Gasteiger partial charge in [0.1, 0.15) is 29.4 Å². The first-order valence-corrected chi connectivity index (χ1v) is 19.2. The van der Waals surface area contributed by atoms with Crippen LogP contribution < -0.4 is 4.31 Å². The lowest BCUT2D eigenvalue weighted by atomic mass is 9.89. The van der Waals surface area contributed by atoms with E-state index in [1.807, 2.05) is 20.8 Å².